The van der Waals surface area contributed by atoms with E-state index in [0.717, 1.165) is 0 Å². The van der Waals surface area contributed by atoms with Crippen LogP contribution in [0.4, 0.5) is 0 Å². The van der Waals surface area contributed by atoms with Gasteiger partial charge in [0.15, 0.2) is 11.5 Å². The lowest BCUT2D eigenvalue weighted by atomic mass is 9.88. The van der Waals surface area contributed by atoms with Gasteiger partial charge in [-0.05, 0) is 24.5 Å². The molecule has 19 heavy (non-hydrogen) atoms. The Labute approximate surface area is 115 Å². The first-order valence-electron chi connectivity index (χ1n) is 6.33. The van der Waals surface area contributed by atoms with Crippen molar-refractivity contribution in [3.63, 3.8) is 0 Å². The van der Waals surface area contributed by atoms with E-state index in [1.807, 2.05) is 6.92 Å². The van der Waals surface area contributed by atoms with Crippen LogP contribution in [0.5, 0.6) is 11.5 Å². The van der Waals surface area contributed by atoms with Crippen LogP contribution in [0.25, 0.3) is 0 Å². The van der Waals surface area contributed by atoms with Crippen LogP contribution in [-0.4, -0.2) is 26.2 Å². The normalized spacial score (nSPS) is 12.7. The number of methoxy groups -OCH3 is 2. The van der Waals surface area contributed by atoms with E-state index in [9.17, 15) is 4.79 Å². The van der Waals surface area contributed by atoms with Crippen LogP contribution in [0.2, 0.25) is 0 Å². The number of para-hydroxylation sites is 1. The second-order valence-corrected chi connectivity index (χ2v) is 5.60. The molecule has 0 aromatic heterocycles. The Hall–Kier alpha value is -1.71. The number of hydrogen-bond acceptors (Lipinski definition) is 3. The third-order valence-electron chi connectivity index (χ3n) is 3.29. The zero-order valence-electron chi connectivity index (χ0n) is 12.5. The summed E-state index contributed by atoms with van der Waals surface area (Å²) in [6.45, 7) is 8.24. The molecule has 1 N–H and O–H groups in total. The Morgan fingerprint density at radius 2 is 1.84 bits per heavy atom. The zero-order valence-corrected chi connectivity index (χ0v) is 12.5. The summed E-state index contributed by atoms with van der Waals surface area (Å²) >= 11 is 0. The van der Waals surface area contributed by atoms with Crippen molar-refractivity contribution in [3.8, 4) is 11.5 Å². The molecule has 1 rings (SSSR count). The second kappa shape index (κ2) is 5.95. The van der Waals surface area contributed by atoms with Crippen LogP contribution < -0.4 is 14.8 Å². The van der Waals surface area contributed by atoms with Gasteiger partial charge in [0.05, 0.1) is 19.8 Å². The Balaban J connectivity index is 3.00. The molecule has 1 atom stereocenters. The third kappa shape index (κ3) is 3.63. The predicted molar refractivity (Wildman–Crippen MR) is 75.9 cm³/mol. The van der Waals surface area contributed by atoms with Crippen LogP contribution >= 0.6 is 0 Å². The highest BCUT2D eigenvalue weighted by atomic mass is 16.5. The van der Waals surface area contributed by atoms with Crippen LogP contribution in [-0.2, 0) is 0 Å². The number of benzene rings is 1. The minimum Gasteiger partial charge on any atom is -0.493 e. The van der Waals surface area contributed by atoms with Crippen LogP contribution in [0, 0.1) is 5.41 Å². The van der Waals surface area contributed by atoms with Gasteiger partial charge in [0.2, 0.25) is 0 Å². The van der Waals surface area contributed by atoms with E-state index in [2.05, 4.69) is 26.1 Å². The molecule has 0 saturated heterocycles. The monoisotopic (exact) mass is 265 g/mol. The van der Waals surface area contributed by atoms with E-state index in [4.69, 9.17) is 9.47 Å². The average Bonchev–Trinajstić information content (AvgIpc) is 2.36. The summed E-state index contributed by atoms with van der Waals surface area (Å²) in [4.78, 5) is 12.3. The highest BCUT2D eigenvalue weighted by Gasteiger charge is 2.24. The van der Waals surface area contributed by atoms with E-state index >= 15 is 0 Å². The lowest BCUT2D eigenvalue weighted by molar-refractivity contribution is 0.0906. The first kappa shape index (κ1) is 15.3. The standard InChI is InChI=1S/C15H23NO3/c1-10(15(2,3)4)16-14(17)11-8-7-9-12(18-5)13(11)19-6/h7-10H,1-6H3,(H,16,17). The lowest BCUT2D eigenvalue weighted by Crippen LogP contribution is -2.41. The van der Waals surface area contributed by atoms with E-state index in [1.165, 1.54) is 7.11 Å². The molecular formula is C15H23NO3. The molecule has 106 valence electrons. The number of carbonyl (C=O) groups excluding carboxylic acids is 1. The van der Waals surface area contributed by atoms with Crippen molar-refractivity contribution >= 4 is 5.91 Å². The molecule has 4 nitrogen and oxygen atoms in total. The van der Waals surface area contributed by atoms with Crippen molar-refractivity contribution in [3.05, 3.63) is 23.8 Å². The molecule has 1 aromatic carbocycles. The summed E-state index contributed by atoms with van der Waals surface area (Å²) in [5.74, 6) is 0.861. The van der Waals surface area contributed by atoms with Gasteiger partial charge < -0.3 is 14.8 Å². The quantitative estimate of drug-likeness (QED) is 0.910. The molecule has 0 aliphatic carbocycles. The Bertz CT molecular complexity index is 449. The summed E-state index contributed by atoms with van der Waals surface area (Å²) in [5, 5.41) is 2.99. The van der Waals surface area contributed by atoms with E-state index in [0.29, 0.717) is 17.1 Å². The van der Waals surface area contributed by atoms with Gasteiger partial charge in [-0.25, -0.2) is 0 Å². The molecule has 1 amide bonds. The summed E-state index contributed by atoms with van der Waals surface area (Å²) < 4.78 is 10.5. The molecule has 1 aromatic rings. The minimum absolute atomic E-state index is 0.00175. The maximum Gasteiger partial charge on any atom is 0.255 e. The molecule has 0 saturated carbocycles. The highest BCUT2D eigenvalue weighted by Crippen LogP contribution is 2.31. The van der Waals surface area contributed by atoms with Gasteiger partial charge in [0, 0.05) is 6.04 Å². The smallest absolute Gasteiger partial charge is 0.255 e. The molecule has 0 aliphatic rings. The average molecular weight is 265 g/mol. The van der Waals surface area contributed by atoms with Gasteiger partial charge in [-0.2, -0.15) is 0 Å². The predicted octanol–water partition coefficient (Wildman–Crippen LogP) is 2.87. The first-order chi connectivity index (χ1) is 8.81. The van der Waals surface area contributed by atoms with E-state index in [1.54, 1.807) is 25.3 Å². The molecular weight excluding hydrogens is 242 g/mol. The number of nitrogens with one attached hydrogen (secondary N) is 1. The fourth-order valence-electron chi connectivity index (χ4n) is 1.56. The summed E-state index contributed by atoms with van der Waals surface area (Å²) in [6, 6.07) is 5.32. The topological polar surface area (TPSA) is 47.6 Å². The molecule has 1 unspecified atom stereocenters. The van der Waals surface area contributed by atoms with Gasteiger partial charge in [-0.15, -0.1) is 0 Å². The SMILES string of the molecule is COc1cccc(C(=O)NC(C)C(C)(C)C)c1OC. The van der Waals surface area contributed by atoms with Crippen molar-refractivity contribution < 1.29 is 14.3 Å². The van der Waals surface area contributed by atoms with Crippen LogP contribution in [0.15, 0.2) is 18.2 Å². The Morgan fingerprint density at radius 1 is 1.21 bits per heavy atom. The fourth-order valence-corrected chi connectivity index (χ4v) is 1.56. The Morgan fingerprint density at radius 3 is 2.32 bits per heavy atom. The maximum absolute atomic E-state index is 12.3. The zero-order chi connectivity index (χ0) is 14.6. The van der Waals surface area contributed by atoms with E-state index < -0.39 is 0 Å². The first-order valence-corrected chi connectivity index (χ1v) is 6.33. The summed E-state index contributed by atoms with van der Waals surface area (Å²) in [5.41, 5.74) is 0.486. The number of ether oxygens (including phenoxy) is 2. The summed E-state index contributed by atoms with van der Waals surface area (Å²) in [6.07, 6.45) is 0. The Kier molecular flexibility index (Phi) is 4.81. The van der Waals surface area contributed by atoms with Gasteiger partial charge in [0.1, 0.15) is 0 Å². The number of hydrogen-bond donors (Lipinski definition) is 1. The van der Waals surface area contributed by atoms with Crippen molar-refractivity contribution in [2.45, 2.75) is 33.7 Å². The van der Waals surface area contributed by atoms with Crippen molar-refractivity contribution in [1.29, 1.82) is 0 Å². The largest absolute Gasteiger partial charge is 0.493 e. The fraction of sp³-hybridized carbons (Fsp3) is 0.533. The molecule has 0 aliphatic heterocycles. The number of carbonyl (C=O) groups is 1. The number of rotatable bonds is 4. The van der Waals surface area contributed by atoms with Crippen molar-refractivity contribution in [2.24, 2.45) is 5.41 Å². The summed E-state index contributed by atoms with van der Waals surface area (Å²) in [7, 11) is 3.08. The molecule has 4 heteroatoms. The molecule has 0 spiro atoms. The van der Waals surface area contributed by atoms with Crippen LogP contribution in [0.1, 0.15) is 38.1 Å². The molecule has 0 fully saturated rings. The van der Waals surface area contributed by atoms with Crippen molar-refractivity contribution in [2.75, 3.05) is 14.2 Å². The van der Waals surface area contributed by atoms with Crippen molar-refractivity contribution in [1.82, 2.24) is 5.32 Å². The highest BCUT2D eigenvalue weighted by molar-refractivity contribution is 5.98. The van der Waals surface area contributed by atoms with Gasteiger partial charge in [-0.1, -0.05) is 26.8 Å². The number of amides is 1. The van der Waals surface area contributed by atoms with Gasteiger partial charge in [0.25, 0.3) is 5.91 Å². The van der Waals surface area contributed by atoms with Gasteiger partial charge >= 0.3 is 0 Å². The maximum atomic E-state index is 12.3. The van der Waals surface area contributed by atoms with Crippen LogP contribution in [0.3, 0.4) is 0 Å². The molecule has 0 bridgehead atoms. The minimum atomic E-state index is -0.154. The second-order valence-electron chi connectivity index (χ2n) is 5.60. The van der Waals surface area contributed by atoms with Gasteiger partial charge in [-0.3, -0.25) is 4.79 Å². The third-order valence-corrected chi connectivity index (χ3v) is 3.29. The molecule has 0 heterocycles. The molecule has 0 radical (unpaired) electrons. The van der Waals surface area contributed by atoms with E-state index in [-0.39, 0.29) is 17.4 Å². The lowest BCUT2D eigenvalue weighted by Gasteiger charge is -2.28.